The van der Waals surface area contributed by atoms with Gasteiger partial charge in [0.2, 0.25) is 0 Å². The lowest BCUT2D eigenvalue weighted by Crippen LogP contribution is -2.07. The van der Waals surface area contributed by atoms with Gasteiger partial charge in [0.15, 0.2) is 9.84 Å². The van der Waals surface area contributed by atoms with E-state index >= 15 is 0 Å². The number of nitrogens with zero attached hydrogens (tertiary/aromatic N) is 1. The van der Waals surface area contributed by atoms with Gasteiger partial charge in [0.25, 0.3) is 0 Å². The van der Waals surface area contributed by atoms with Crippen LogP contribution in [0, 0.1) is 0 Å². The van der Waals surface area contributed by atoms with E-state index < -0.39 is 27.7 Å². The Bertz CT molecular complexity index is 1130. The van der Waals surface area contributed by atoms with Crippen molar-refractivity contribution < 1.29 is 31.5 Å². The van der Waals surface area contributed by atoms with E-state index in [1.54, 1.807) is 0 Å². The van der Waals surface area contributed by atoms with Gasteiger partial charge in [-0.3, -0.25) is 5.10 Å². The van der Waals surface area contributed by atoms with Crippen molar-refractivity contribution in [2.75, 3.05) is 6.26 Å². The number of aromatic nitrogens is 2. The molecule has 10 heteroatoms. The number of hydrogen-bond donors (Lipinski definition) is 2. The van der Waals surface area contributed by atoms with Crippen LogP contribution in [0.5, 0.6) is 0 Å². The van der Waals surface area contributed by atoms with Crippen LogP contribution < -0.4 is 0 Å². The van der Waals surface area contributed by atoms with Gasteiger partial charge in [-0.05, 0) is 29.8 Å². The van der Waals surface area contributed by atoms with Gasteiger partial charge in [-0.15, -0.1) is 0 Å². The molecule has 0 atom stereocenters. The molecule has 0 aliphatic rings. The first-order valence-electron chi connectivity index (χ1n) is 7.78. The molecule has 1 heterocycles. The van der Waals surface area contributed by atoms with Crippen LogP contribution in [-0.4, -0.2) is 35.9 Å². The van der Waals surface area contributed by atoms with E-state index in [0.29, 0.717) is 0 Å². The minimum atomic E-state index is -4.72. The van der Waals surface area contributed by atoms with Crippen molar-refractivity contribution in [1.29, 1.82) is 0 Å². The third-order valence-electron chi connectivity index (χ3n) is 4.03. The molecule has 0 radical (unpaired) electrons. The van der Waals surface area contributed by atoms with E-state index in [4.69, 9.17) is 5.11 Å². The van der Waals surface area contributed by atoms with Crippen molar-refractivity contribution in [3.8, 4) is 22.4 Å². The largest absolute Gasteiger partial charge is 0.478 e. The number of carboxylic acids is 1. The highest BCUT2D eigenvalue weighted by molar-refractivity contribution is 7.90. The summed E-state index contributed by atoms with van der Waals surface area (Å²) in [5, 5.41) is 14.7. The third-order valence-corrected chi connectivity index (χ3v) is 5.15. The number of carboxylic acid groups (broad SMARTS) is 1. The molecule has 3 rings (SSSR count). The summed E-state index contributed by atoms with van der Waals surface area (Å²) in [6, 6.07) is 10.2. The van der Waals surface area contributed by atoms with Crippen LogP contribution in [0.3, 0.4) is 0 Å². The summed E-state index contributed by atoms with van der Waals surface area (Å²) in [6.45, 7) is 0. The van der Waals surface area contributed by atoms with Gasteiger partial charge in [0.05, 0.1) is 10.5 Å². The maximum absolute atomic E-state index is 13.4. The molecular weight excluding hydrogens is 397 g/mol. The maximum atomic E-state index is 13.4. The molecule has 6 nitrogen and oxygen atoms in total. The number of aromatic amines is 1. The summed E-state index contributed by atoms with van der Waals surface area (Å²) >= 11 is 0. The predicted molar refractivity (Wildman–Crippen MR) is 94.5 cm³/mol. The van der Waals surface area contributed by atoms with Crippen LogP contribution >= 0.6 is 0 Å². The molecule has 1 aromatic heterocycles. The van der Waals surface area contributed by atoms with Crippen molar-refractivity contribution in [1.82, 2.24) is 10.2 Å². The van der Waals surface area contributed by atoms with E-state index in [9.17, 15) is 26.4 Å². The van der Waals surface area contributed by atoms with Crippen molar-refractivity contribution in [2.24, 2.45) is 0 Å². The fraction of sp³-hybridized carbons (Fsp3) is 0.111. The van der Waals surface area contributed by atoms with Gasteiger partial charge in [-0.1, -0.05) is 24.3 Å². The smallest absolute Gasteiger partial charge is 0.433 e. The molecule has 3 aromatic rings. The van der Waals surface area contributed by atoms with Crippen LogP contribution in [0.4, 0.5) is 13.2 Å². The predicted octanol–water partition coefficient (Wildman–Crippen LogP) is 3.86. The molecule has 146 valence electrons. The molecule has 28 heavy (non-hydrogen) atoms. The molecule has 0 unspecified atom stereocenters. The molecule has 0 spiro atoms. The highest BCUT2D eigenvalue weighted by Crippen LogP contribution is 2.41. The number of aromatic carboxylic acids is 1. The number of carbonyl (C=O) groups is 1. The number of rotatable bonds is 4. The van der Waals surface area contributed by atoms with Crippen LogP contribution in [0.15, 0.2) is 53.4 Å². The monoisotopic (exact) mass is 410 g/mol. The first-order valence-corrected chi connectivity index (χ1v) is 9.67. The maximum Gasteiger partial charge on any atom is 0.433 e. The first-order chi connectivity index (χ1) is 13.0. The van der Waals surface area contributed by atoms with E-state index in [-0.39, 0.29) is 32.8 Å². The molecule has 0 saturated heterocycles. The van der Waals surface area contributed by atoms with Gasteiger partial charge in [-0.2, -0.15) is 18.3 Å². The van der Waals surface area contributed by atoms with Crippen LogP contribution in [0.1, 0.15) is 16.1 Å². The van der Waals surface area contributed by atoms with E-state index in [0.717, 1.165) is 6.26 Å². The van der Waals surface area contributed by atoms with Gasteiger partial charge in [0.1, 0.15) is 11.4 Å². The number of hydrogen-bond acceptors (Lipinski definition) is 4. The molecule has 2 N–H and O–H groups in total. The quantitative estimate of drug-likeness (QED) is 0.680. The van der Waals surface area contributed by atoms with E-state index in [1.807, 2.05) is 5.10 Å². The molecule has 0 aliphatic heterocycles. The second-order valence-electron chi connectivity index (χ2n) is 6.00. The number of sulfone groups is 1. The Labute approximate surface area is 157 Å². The zero-order valence-electron chi connectivity index (χ0n) is 14.3. The summed E-state index contributed by atoms with van der Waals surface area (Å²) in [7, 11) is -3.46. The minimum absolute atomic E-state index is 0.0233. The summed E-state index contributed by atoms with van der Waals surface area (Å²) in [5.41, 5.74) is -1.05. The molecule has 0 bridgehead atoms. The summed E-state index contributed by atoms with van der Waals surface area (Å²) in [6.07, 6.45) is -3.70. The number of H-pyrrole nitrogens is 1. The zero-order chi connectivity index (χ0) is 20.7. The van der Waals surface area contributed by atoms with Crippen molar-refractivity contribution in [3.05, 3.63) is 59.8 Å². The second-order valence-corrected chi connectivity index (χ2v) is 8.01. The van der Waals surface area contributed by atoms with Crippen molar-refractivity contribution in [3.63, 3.8) is 0 Å². The highest BCUT2D eigenvalue weighted by atomic mass is 32.2. The molecule has 0 saturated carbocycles. The Morgan fingerprint density at radius 3 is 2.00 bits per heavy atom. The lowest BCUT2D eigenvalue weighted by molar-refractivity contribution is -0.140. The zero-order valence-corrected chi connectivity index (χ0v) is 15.1. The molecule has 0 fully saturated rings. The average molecular weight is 410 g/mol. The topological polar surface area (TPSA) is 100 Å². The second kappa shape index (κ2) is 6.79. The summed E-state index contributed by atoms with van der Waals surface area (Å²) in [4.78, 5) is 11.0. The Hall–Kier alpha value is -3.14. The molecule has 2 aromatic carbocycles. The fourth-order valence-corrected chi connectivity index (χ4v) is 3.31. The minimum Gasteiger partial charge on any atom is -0.478 e. The van der Waals surface area contributed by atoms with Gasteiger partial charge in [-0.25, -0.2) is 13.2 Å². The van der Waals surface area contributed by atoms with Crippen molar-refractivity contribution in [2.45, 2.75) is 11.1 Å². The van der Waals surface area contributed by atoms with Gasteiger partial charge in [0, 0.05) is 17.4 Å². The average Bonchev–Trinajstić information content (AvgIpc) is 3.06. The Morgan fingerprint density at radius 2 is 1.54 bits per heavy atom. The van der Waals surface area contributed by atoms with Gasteiger partial charge < -0.3 is 5.11 Å². The summed E-state index contributed by atoms with van der Waals surface area (Å²) in [5.74, 6) is -1.20. The van der Waals surface area contributed by atoms with Crippen LogP contribution in [0.25, 0.3) is 22.4 Å². The third kappa shape index (κ3) is 3.77. The van der Waals surface area contributed by atoms with E-state index in [2.05, 4.69) is 5.10 Å². The number of alkyl halides is 3. The van der Waals surface area contributed by atoms with Crippen LogP contribution in [0.2, 0.25) is 0 Å². The summed E-state index contributed by atoms with van der Waals surface area (Å²) < 4.78 is 63.5. The molecular formula is C18H13F3N2O4S. The normalized spacial score (nSPS) is 12.1. The molecule has 0 aliphatic carbocycles. The van der Waals surface area contributed by atoms with Crippen LogP contribution in [-0.2, 0) is 16.0 Å². The Morgan fingerprint density at radius 1 is 1.00 bits per heavy atom. The lowest BCUT2D eigenvalue weighted by atomic mass is 9.97. The van der Waals surface area contributed by atoms with E-state index in [1.165, 1.54) is 48.5 Å². The SMILES string of the molecule is CS(=O)(=O)c1ccc(-c2n[nH]c(C(F)(F)F)c2-c2ccc(C(=O)O)cc2)cc1. The van der Waals surface area contributed by atoms with Crippen molar-refractivity contribution >= 4 is 15.8 Å². The van der Waals surface area contributed by atoms with Gasteiger partial charge >= 0.3 is 12.1 Å². The fourth-order valence-electron chi connectivity index (χ4n) is 2.68. The standard InChI is InChI=1S/C18H13F3N2O4S/c1-28(26,27)13-8-6-11(7-9-13)15-14(16(23-22-15)18(19,20)21)10-2-4-12(5-3-10)17(24)25/h2-9H,1H3,(H,22,23)(H,24,25). The highest BCUT2D eigenvalue weighted by Gasteiger charge is 2.38. The Balaban J connectivity index is 2.18. The number of nitrogens with one attached hydrogen (secondary N) is 1. The molecule has 0 amide bonds. The first kappa shape index (κ1) is 19.6. The lowest BCUT2D eigenvalue weighted by Gasteiger charge is -2.10. The number of halogens is 3. The number of benzene rings is 2. The Kier molecular flexibility index (Phi) is 4.76.